The quantitative estimate of drug-likeness (QED) is 0.123. The summed E-state index contributed by atoms with van der Waals surface area (Å²) in [7, 11) is 0. The van der Waals surface area contributed by atoms with Crippen LogP contribution in [0.15, 0.2) is 144 Å². The molecule has 0 fully saturated rings. The van der Waals surface area contributed by atoms with Gasteiger partial charge in [0, 0.05) is 33.1 Å². The number of aromatic nitrogens is 2. The summed E-state index contributed by atoms with van der Waals surface area (Å²) in [6.45, 7) is 5.96. The molecule has 3 nitrogen and oxygen atoms in total. The maximum atomic E-state index is 8.33. The summed E-state index contributed by atoms with van der Waals surface area (Å²) in [5.41, 5.74) is 12.3. The van der Waals surface area contributed by atoms with Crippen LogP contribution < -0.4 is 4.40 Å². The number of rotatable bonds is 6. The van der Waals surface area contributed by atoms with Gasteiger partial charge < -0.3 is 9.40 Å². The van der Waals surface area contributed by atoms with Crippen molar-refractivity contribution in [2.24, 2.45) is 0 Å². The Kier molecular flexibility index (Phi) is 11.0. The smallest absolute Gasteiger partial charge is 0.120 e. The fourth-order valence-corrected chi connectivity index (χ4v) is 10.1. The number of pyridine rings is 2. The molecule has 0 bridgehead atoms. The molecule has 8 aromatic rings. The zero-order valence-corrected chi connectivity index (χ0v) is 34.9. The third-order valence-corrected chi connectivity index (χ3v) is 13.7. The molecule has 0 aliphatic rings. The fraction of sp³-hybridized carbons (Fsp3) is 0.149. The van der Waals surface area contributed by atoms with Gasteiger partial charge in [0.2, 0.25) is 0 Å². The third kappa shape index (κ3) is 8.05. The van der Waals surface area contributed by atoms with E-state index in [1.54, 1.807) is 6.20 Å². The van der Waals surface area contributed by atoms with Gasteiger partial charge >= 0.3 is 142 Å². The molecule has 0 saturated heterocycles. The second kappa shape index (κ2) is 16.0. The molecule has 0 amide bonds. The molecule has 0 aliphatic carbocycles. The molecule has 1 radical (unpaired) electrons. The van der Waals surface area contributed by atoms with Crippen LogP contribution in [-0.4, -0.2) is 23.2 Å². The molecule has 3 aromatic heterocycles. The van der Waals surface area contributed by atoms with E-state index < -0.39 is 19.2 Å². The molecule has 52 heavy (non-hydrogen) atoms. The molecule has 3 heterocycles. The number of benzene rings is 5. The van der Waals surface area contributed by atoms with Gasteiger partial charge in [-0.3, -0.25) is 0 Å². The third-order valence-electron chi connectivity index (χ3n) is 9.24. The van der Waals surface area contributed by atoms with Gasteiger partial charge in [-0.25, -0.2) is 0 Å². The molecule has 8 rings (SSSR count). The summed E-state index contributed by atoms with van der Waals surface area (Å²) in [5, 5.41) is 2.12. The van der Waals surface area contributed by atoms with Crippen LogP contribution in [-0.2, 0) is 20.1 Å². The SMILES string of the molecule is Cc1cc(-c2[c-]ccc(-c3ccccc3)c2)nc[c]1[Ge]([CH3])([CH3])[CH3].[2H]C(C)(C)c1ccnc(-c2[c-]ccc3c2oc2ccc(-c4ccccc4)cc23)c1.[Ir]. The van der Waals surface area contributed by atoms with Crippen molar-refractivity contribution >= 4 is 39.6 Å². The Hall–Kier alpha value is -4.61. The molecule has 0 saturated carbocycles. The minimum absolute atomic E-state index is 0. The van der Waals surface area contributed by atoms with Crippen molar-refractivity contribution in [2.75, 3.05) is 0 Å². The Morgan fingerprint density at radius 1 is 0.673 bits per heavy atom. The first kappa shape index (κ1) is 35.8. The molecular formula is C47H42GeIrN2O-2. The maximum Gasteiger partial charge on any atom is 0.120 e. The van der Waals surface area contributed by atoms with E-state index in [-0.39, 0.29) is 20.1 Å². The minimum Gasteiger partial charge on any atom is -0.501 e. The van der Waals surface area contributed by atoms with Crippen LogP contribution in [0.1, 0.15) is 32.2 Å². The van der Waals surface area contributed by atoms with E-state index in [0.717, 1.165) is 55.6 Å². The van der Waals surface area contributed by atoms with Crippen LogP contribution >= 0.6 is 0 Å². The van der Waals surface area contributed by atoms with Gasteiger partial charge in [0.25, 0.3) is 0 Å². The van der Waals surface area contributed by atoms with Crippen LogP contribution in [0.25, 0.3) is 66.7 Å². The predicted octanol–water partition coefficient (Wildman–Crippen LogP) is 12.3. The van der Waals surface area contributed by atoms with Crippen molar-refractivity contribution in [3.8, 4) is 44.8 Å². The van der Waals surface area contributed by atoms with E-state index in [1.807, 2.05) is 74.5 Å². The Morgan fingerprint density at radius 2 is 1.35 bits per heavy atom. The van der Waals surface area contributed by atoms with E-state index >= 15 is 0 Å². The van der Waals surface area contributed by atoms with Gasteiger partial charge in [-0.1, -0.05) is 72.8 Å². The molecule has 0 unspecified atom stereocenters. The van der Waals surface area contributed by atoms with Crippen molar-refractivity contribution < 1.29 is 25.9 Å². The Morgan fingerprint density at radius 3 is 2.00 bits per heavy atom. The molecule has 5 aromatic carbocycles. The van der Waals surface area contributed by atoms with Crippen molar-refractivity contribution in [2.45, 2.75) is 43.9 Å². The summed E-state index contributed by atoms with van der Waals surface area (Å²) < 4.78 is 16.0. The first-order valence-corrected chi connectivity index (χ1v) is 24.7. The van der Waals surface area contributed by atoms with Crippen LogP contribution in [0.5, 0.6) is 0 Å². The Balaban J connectivity index is 0.000000183. The van der Waals surface area contributed by atoms with Crippen LogP contribution in [0.2, 0.25) is 17.3 Å². The first-order valence-electron chi connectivity index (χ1n) is 17.9. The molecule has 0 atom stereocenters. The molecule has 0 N–H and O–H groups in total. The Bertz CT molecular complexity index is 2500. The normalized spacial score (nSPS) is 11.8. The second-order valence-electron chi connectivity index (χ2n) is 14.2. The first-order chi connectivity index (χ1) is 25.0. The number of hydrogen-bond acceptors (Lipinski definition) is 3. The van der Waals surface area contributed by atoms with Crippen LogP contribution in [0, 0.1) is 19.1 Å². The summed E-state index contributed by atoms with van der Waals surface area (Å²) in [5.74, 6) is 6.54. The molecular weight excluding hydrogens is 873 g/mol. The number of furan rings is 1. The van der Waals surface area contributed by atoms with Crippen molar-refractivity contribution in [1.29, 1.82) is 0 Å². The van der Waals surface area contributed by atoms with Crippen molar-refractivity contribution in [3.63, 3.8) is 0 Å². The number of aryl methyl sites for hydroxylation is 1. The summed E-state index contributed by atoms with van der Waals surface area (Å²) in [4.78, 5) is 9.26. The van der Waals surface area contributed by atoms with E-state index in [0.29, 0.717) is 0 Å². The predicted molar refractivity (Wildman–Crippen MR) is 217 cm³/mol. The van der Waals surface area contributed by atoms with Crippen molar-refractivity contribution in [1.82, 2.24) is 9.97 Å². The van der Waals surface area contributed by atoms with Gasteiger partial charge in [-0.05, 0) is 40.9 Å². The zero-order chi connectivity index (χ0) is 36.5. The summed E-state index contributed by atoms with van der Waals surface area (Å²) in [6, 6.07) is 50.0. The van der Waals surface area contributed by atoms with Crippen LogP contribution in [0.3, 0.4) is 0 Å². The van der Waals surface area contributed by atoms with Crippen LogP contribution in [0.4, 0.5) is 0 Å². The van der Waals surface area contributed by atoms with Gasteiger partial charge in [0.1, 0.15) is 5.58 Å². The zero-order valence-electron chi connectivity index (χ0n) is 31.4. The molecule has 5 heteroatoms. The monoisotopic (exact) mass is 918 g/mol. The maximum absolute atomic E-state index is 8.33. The minimum atomic E-state index is -1.85. The van der Waals surface area contributed by atoms with E-state index in [2.05, 4.69) is 114 Å². The van der Waals surface area contributed by atoms with E-state index in [9.17, 15) is 0 Å². The molecule has 261 valence electrons. The van der Waals surface area contributed by atoms with E-state index in [4.69, 9.17) is 10.8 Å². The fourth-order valence-electron chi connectivity index (χ4n) is 6.53. The number of hydrogen-bond donors (Lipinski definition) is 0. The van der Waals surface area contributed by atoms with Gasteiger partial charge in [-0.15, -0.1) is 18.2 Å². The largest absolute Gasteiger partial charge is 0.501 e. The average Bonchev–Trinajstić information content (AvgIpc) is 3.53. The molecule has 0 spiro atoms. The van der Waals surface area contributed by atoms with E-state index in [1.165, 1.54) is 26.6 Å². The number of nitrogens with zero attached hydrogens (tertiary/aromatic N) is 2. The second-order valence-corrected chi connectivity index (χ2v) is 24.8. The van der Waals surface area contributed by atoms with Gasteiger partial charge in [0.05, 0.1) is 5.58 Å². The average molecular weight is 917 g/mol. The summed E-state index contributed by atoms with van der Waals surface area (Å²) in [6.07, 6.45) is 3.84. The molecule has 0 aliphatic heterocycles. The van der Waals surface area contributed by atoms with Gasteiger partial charge in [0.15, 0.2) is 0 Å². The van der Waals surface area contributed by atoms with Crippen molar-refractivity contribution in [3.05, 3.63) is 163 Å². The number of fused-ring (bicyclic) bond motifs is 3. The van der Waals surface area contributed by atoms with Gasteiger partial charge in [-0.2, -0.15) is 0 Å². The topological polar surface area (TPSA) is 38.9 Å². The summed E-state index contributed by atoms with van der Waals surface area (Å²) >= 11 is -1.85. The Labute approximate surface area is 325 Å². The standard InChI is InChI=1S/C26H20NO.C21H22GeN.Ir/c1-17(2)19-13-14-27-24(16-19)22-10-6-9-21-23-15-20(18-7-4-3-5-8-18)11-12-25(23)28-26(21)22;1-16-13-21(23-15-20(16)22(2,3)4)19-12-8-11-18(14-19)17-9-6-5-7-10-17;/h3-9,11-17H,1-2H3;5-11,13-15H,1-4H3;/q2*-1;/i17D;;.